The molecule has 1 N–H and O–H groups in total. The predicted molar refractivity (Wildman–Crippen MR) is 38.0 cm³/mol. The normalized spacial score (nSPS) is 59.4. The fraction of sp³-hybridized carbons (Fsp3) is 1.00. The van der Waals surface area contributed by atoms with Gasteiger partial charge in [-0.3, -0.25) is 5.32 Å². The Morgan fingerprint density at radius 3 is 2.55 bits per heavy atom. The van der Waals surface area contributed by atoms with Crippen molar-refractivity contribution in [3.63, 3.8) is 0 Å². The molecule has 3 unspecified atom stereocenters. The van der Waals surface area contributed by atoms with Crippen molar-refractivity contribution >= 4 is 8.03 Å². The van der Waals surface area contributed by atoms with E-state index in [4.69, 9.17) is 0 Å². The Labute approximate surface area is 66.0 Å². The molecule has 60 valence electrons. The van der Waals surface area contributed by atoms with Crippen LogP contribution in [0, 0.1) is 17.8 Å². The summed E-state index contributed by atoms with van der Waals surface area (Å²) < 4.78 is 11.0. The molecule has 2 aliphatic heterocycles. The molecule has 0 spiro atoms. The van der Waals surface area contributed by atoms with Crippen LogP contribution in [0.5, 0.6) is 0 Å². The number of nitrogens with one attached hydrogen (secondary N) is 1. The summed E-state index contributed by atoms with van der Waals surface area (Å²) in [6, 6.07) is 0. The zero-order valence-corrected chi connectivity index (χ0v) is 7.01. The van der Waals surface area contributed by atoms with E-state index in [2.05, 4.69) is 5.32 Å². The highest BCUT2D eigenvalue weighted by molar-refractivity contribution is 7.38. The summed E-state index contributed by atoms with van der Waals surface area (Å²) in [5.41, 5.74) is 0. The van der Waals surface area contributed by atoms with Crippen molar-refractivity contribution in [1.29, 1.82) is 0 Å². The molecule has 5 aliphatic rings. The lowest BCUT2D eigenvalue weighted by molar-refractivity contribution is -0.175. The molecule has 5 rings (SSSR count). The van der Waals surface area contributed by atoms with Gasteiger partial charge in [0, 0.05) is 18.4 Å². The van der Waals surface area contributed by atoms with E-state index >= 15 is 0 Å². The van der Waals surface area contributed by atoms with Crippen molar-refractivity contribution in [2.75, 3.05) is 6.54 Å². The molecule has 3 aliphatic carbocycles. The molecule has 3 nitrogen and oxygen atoms in total. The molecular weight excluding hydrogens is 161 g/mol. The highest BCUT2D eigenvalue weighted by atomic mass is 31.1. The minimum Gasteiger partial charge on any atom is -0.594 e. The number of rotatable bonds is 1. The first-order valence-electron chi connectivity index (χ1n) is 4.16. The molecule has 2 saturated heterocycles. The SMILES string of the molecule is O=[P+]([O-])C12NCC3C1CCC32. The largest absolute Gasteiger partial charge is 0.594 e. The second kappa shape index (κ2) is 1.68. The molecule has 0 radical (unpaired) electrons. The topological polar surface area (TPSA) is 52.2 Å². The maximum atomic E-state index is 11.0. The van der Waals surface area contributed by atoms with Crippen molar-refractivity contribution in [3.05, 3.63) is 0 Å². The minimum atomic E-state index is -2.24. The first-order chi connectivity index (χ1) is 5.27. The summed E-state index contributed by atoms with van der Waals surface area (Å²) in [4.78, 5) is 11.0. The van der Waals surface area contributed by atoms with Crippen LogP contribution in [0.4, 0.5) is 0 Å². The predicted octanol–water partition coefficient (Wildman–Crippen LogP) is 0.0446. The Morgan fingerprint density at radius 1 is 1.45 bits per heavy atom. The van der Waals surface area contributed by atoms with E-state index in [0.717, 1.165) is 19.4 Å². The number of hydrogen-bond acceptors (Lipinski definition) is 3. The van der Waals surface area contributed by atoms with Gasteiger partial charge in [0.15, 0.2) is 0 Å². The lowest BCUT2D eigenvalue weighted by Crippen LogP contribution is -2.53. The van der Waals surface area contributed by atoms with Crippen molar-refractivity contribution in [2.24, 2.45) is 17.8 Å². The maximum absolute atomic E-state index is 11.0. The van der Waals surface area contributed by atoms with Crippen molar-refractivity contribution < 1.29 is 9.46 Å². The minimum absolute atomic E-state index is 0.431. The van der Waals surface area contributed by atoms with Crippen LogP contribution in [0.25, 0.3) is 0 Å². The van der Waals surface area contributed by atoms with Crippen LogP contribution < -0.4 is 10.2 Å². The molecule has 11 heavy (non-hydrogen) atoms. The van der Waals surface area contributed by atoms with E-state index in [0.29, 0.717) is 17.8 Å². The van der Waals surface area contributed by atoms with Gasteiger partial charge in [-0.2, -0.15) is 0 Å². The smallest absolute Gasteiger partial charge is 0.331 e. The van der Waals surface area contributed by atoms with Gasteiger partial charge in [-0.1, -0.05) is 4.57 Å². The second-order valence-electron chi connectivity index (χ2n) is 3.92. The van der Waals surface area contributed by atoms with Gasteiger partial charge in [0.05, 0.1) is 0 Å². The lowest BCUT2D eigenvalue weighted by atomic mass is 9.72. The fourth-order valence-corrected chi connectivity index (χ4v) is 4.88. The summed E-state index contributed by atoms with van der Waals surface area (Å²) in [5.74, 6) is 1.63. The third kappa shape index (κ3) is 0.470. The van der Waals surface area contributed by atoms with Gasteiger partial charge in [-0.15, -0.1) is 0 Å². The van der Waals surface area contributed by atoms with Crippen LogP contribution in [-0.4, -0.2) is 11.8 Å². The van der Waals surface area contributed by atoms with Gasteiger partial charge in [-0.25, -0.2) is 0 Å². The zero-order valence-electron chi connectivity index (χ0n) is 6.12. The van der Waals surface area contributed by atoms with Gasteiger partial charge in [-0.05, 0) is 18.8 Å². The Bertz CT molecular complexity index is 231. The average molecular weight is 171 g/mol. The zero-order chi connectivity index (χ0) is 7.64. The van der Waals surface area contributed by atoms with Crippen molar-refractivity contribution in [3.8, 4) is 0 Å². The molecule has 4 bridgehead atoms. The molecular formula is C7H10NO2P. The van der Waals surface area contributed by atoms with Crippen LogP contribution in [0.2, 0.25) is 0 Å². The Morgan fingerprint density at radius 2 is 2.09 bits per heavy atom. The summed E-state index contributed by atoms with van der Waals surface area (Å²) in [6.07, 6.45) is 2.26. The van der Waals surface area contributed by atoms with Gasteiger partial charge in [0.1, 0.15) is 0 Å². The number of fused-ring (bicyclic) bond motifs is 2. The van der Waals surface area contributed by atoms with E-state index < -0.39 is 13.3 Å². The fourth-order valence-electron chi connectivity index (χ4n) is 3.48. The molecule has 5 fully saturated rings. The van der Waals surface area contributed by atoms with Gasteiger partial charge < -0.3 is 4.89 Å². The molecule has 3 saturated carbocycles. The van der Waals surface area contributed by atoms with E-state index in [9.17, 15) is 9.46 Å². The van der Waals surface area contributed by atoms with E-state index in [1.54, 1.807) is 0 Å². The average Bonchev–Trinajstić information content (AvgIpc) is 2.63. The quantitative estimate of drug-likeness (QED) is 0.567. The lowest BCUT2D eigenvalue weighted by Gasteiger charge is -2.38. The second-order valence-corrected chi connectivity index (χ2v) is 5.17. The van der Waals surface area contributed by atoms with Crippen LogP contribution in [0.3, 0.4) is 0 Å². The van der Waals surface area contributed by atoms with Gasteiger partial charge in [0.25, 0.3) is 0 Å². The summed E-state index contributed by atoms with van der Waals surface area (Å²) in [7, 11) is -2.24. The van der Waals surface area contributed by atoms with E-state index in [-0.39, 0.29) is 0 Å². The van der Waals surface area contributed by atoms with E-state index in [1.165, 1.54) is 0 Å². The molecule has 0 aromatic heterocycles. The Kier molecular flexibility index (Phi) is 0.998. The van der Waals surface area contributed by atoms with Crippen molar-refractivity contribution in [2.45, 2.75) is 18.1 Å². The molecule has 2 heterocycles. The maximum Gasteiger partial charge on any atom is 0.331 e. The summed E-state index contributed by atoms with van der Waals surface area (Å²) >= 11 is 0. The van der Waals surface area contributed by atoms with Crippen molar-refractivity contribution in [1.82, 2.24) is 5.32 Å². The molecule has 4 heteroatoms. The Balaban J connectivity index is 2.07. The molecule has 0 amide bonds. The molecule has 3 atom stereocenters. The monoisotopic (exact) mass is 171 g/mol. The third-order valence-electron chi connectivity index (χ3n) is 3.88. The summed E-state index contributed by atoms with van der Waals surface area (Å²) in [5, 5.41) is 2.74. The highest BCUT2D eigenvalue weighted by Gasteiger charge is 2.77. The standard InChI is InChI=1S/C7H10NO2P/c9-11(10)7-5-1-2-6(7)4(5)3-8-7/h4-6,8H,1-3H2. The molecule has 0 aromatic carbocycles. The first kappa shape index (κ1) is 6.53. The van der Waals surface area contributed by atoms with Crippen LogP contribution >= 0.6 is 8.03 Å². The van der Waals surface area contributed by atoms with Gasteiger partial charge >= 0.3 is 8.03 Å². The molecule has 0 aromatic rings. The van der Waals surface area contributed by atoms with Crippen LogP contribution in [0.15, 0.2) is 0 Å². The van der Waals surface area contributed by atoms with Crippen LogP contribution in [-0.2, 0) is 4.57 Å². The van der Waals surface area contributed by atoms with Crippen LogP contribution in [0.1, 0.15) is 12.8 Å². The Hall–Kier alpha value is 0.0200. The highest BCUT2D eigenvalue weighted by Crippen LogP contribution is 2.70. The summed E-state index contributed by atoms with van der Waals surface area (Å²) in [6.45, 7) is 0.943. The first-order valence-corrected chi connectivity index (χ1v) is 5.34. The van der Waals surface area contributed by atoms with E-state index in [1.807, 2.05) is 0 Å². The number of hydrogen-bond donors (Lipinski definition) is 1. The van der Waals surface area contributed by atoms with Gasteiger partial charge in [0.2, 0.25) is 5.28 Å². The third-order valence-corrected chi connectivity index (χ3v) is 5.30.